The Hall–Kier alpha value is 1.22. The molecule has 0 aromatic carbocycles. The average Bonchev–Trinajstić information content (AvgIpc) is 1.91. The zero-order valence-electron chi connectivity index (χ0n) is 6.58. The third kappa shape index (κ3) is 7.32. The van der Waals surface area contributed by atoms with Crippen LogP contribution in [-0.4, -0.2) is 15.4 Å². The van der Waals surface area contributed by atoms with E-state index >= 15 is 0 Å². The second kappa shape index (κ2) is 8.31. The molecule has 0 saturated heterocycles. The molecule has 0 N–H and O–H groups in total. The number of rotatable bonds is 0. The molecular formula is C7H15Cl2Ga. The van der Waals surface area contributed by atoms with Gasteiger partial charge in [-0.25, -0.2) is 0 Å². The molecule has 60 valence electrons. The second-order valence-corrected chi connectivity index (χ2v) is 7.47. The van der Waals surface area contributed by atoms with Crippen LogP contribution in [0.1, 0.15) is 39.0 Å². The summed E-state index contributed by atoms with van der Waals surface area (Å²) in [6.07, 6.45) is 7.44. The van der Waals surface area contributed by atoms with Crippen LogP contribution in [0.25, 0.3) is 0 Å². The van der Waals surface area contributed by atoms with Crippen molar-refractivity contribution < 1.29 is 0 Å². The van der Waals surface area contributed by atoms with E-state index in [0.29, 0.717) is 0 Å². The molecule has 0 aromatic heterocycles. The van der Waals surface area contributed by atoms with Crippen molar-refractivity contribution in [2.75, 3.05) is 0 Å². The van der Waals surface area contributed by atoms with Crippen LogP contribution < -0.4 is 0 Å². The molecule has 0 radical (unpaired) electrons. The van der Waals surface area contributed by atoms with E-state index in [1.807, 2.05) is 0 Å². The van der Waals surface area contributed by atoms with Gasteiger partial charge in [-0.2, -0.15) is 0 Å². The summed E-state index contributed by atoms with van der Waals surface area (Å²) < 4.78 is 0. The maximum absolute atomic E-state index is 4.95. The van der Waals surface area contributed by atoms with Gasteiger partial charge in [0.15, 0.2) is 0 Å². The Kier molecular flexibility index (Phi) is 9.33. The zero-order valence-corrected chi connectivity index (χ0v) is 11.1. The van der Waals surface area contributed by atoms with Crippen LogP contribution in [-0.2, 0) is 0 Å². The first-order chi connectivity index (χ1) is 4.81. The van der Waals surface area contributed by atoms with Crippen molar-refractivity contribution >= 4 is 34.7 Å². The van der Waals surface area contributed by atoms with Crippen molar-refractivity contribution in [1.29, 1.82) is 0 Å². The fraction of sp³-hybridized carbons (Fsp3) is 1.00. The number of hydrogen-bond acceptors (Lipinski definition) is 0. The Morgan fingerprint density at radius 3 is 1.70 bits per heavy atom. The van der Waals surface area contributed by atoms with Crippen molar-refractivity contribution in [3.05, 3.63) is 0 Å². The van der Waals surface area contributed by atoms with E-state index < -0.39 is 15.4 Å². The van der Waals surface area contributed by atoms with Crippen LogP contribution >= 0.6 is 19.3 Å². The molecule has 0 nitrogen and oxygen atoms in total. The Bertz CT molecular complexity index is 62.6. The van der Waals surface area contributed by atoms with Crippen LogP contribution in [0.4, 0.5) is 0 Å². The summed E-state index contributed by atoms with van der Waals surface area (Å²) in [6.45, 7) is 2.36. The van der Waals surface area contributed by atoms with Gasteiger partial charge in [0.05, 0.1) is 0 Å². The van der Waals surface area contributed by atoms with Gasteiger partial charge in [-0.1, -0.05) is 39.0 Å². The van der Waals surface area contributed by atoms with Gasteiger partial charge in [0.2, 0.25) is 0 Å². The molecule has 0 spiro atoms. The SMILES string of the molecule is CC1CCCCC1.[Cl][GaH][Cl]. The molecule has 0 atom stereocenters. The maximum atomic E-state index is 4.95. The first-order valence-corrected chi connectivity index (χ1v) is 11.7. The topological polar surface area (TPSA) is 0 Å². The summed E-state index contributed by atoms with van der Waals surface area (Å²) >= 11 is -0.931. The molecule has 0 aromatic rings. The van der Waals surface area contributed by atoms with Gasteiger partial charge in [-0.15, -0.1) is 0 Å². The van der Waals surface area contributed by atoms with Crippen LogP contribution in [0.15, 0.2) is 0 Å². The van der Waals surface area contributed by atoms with Crippen molar-refractivity contribution in [3.63, 3.8) is 0 Å². The Morgan fingerprint density at radius 1 is 1.10 bits per heavy atom. The van der Waals surface area contributed by atoms with Gasteiger partial charge >= 0.3 is 34.7 Å². The quantitative estimate of drug-likeness (QED) is 0.569. The zero-order chi connectivity index (χ0) is 7.82. The minimum absolute atomic E-state index is 0.931. The van der Waals surface area contributed by atoms with Crippen LogP contribution in [0.3, 0.4) is 0 Å². The van der Waals surface area contributed by atoms with Crippen LogP contribution in [0.5, 0.6) is 0 Å². The van der Waals surface area contributed by atoms with Crippen molar-refractivity contribution in [2.45, 2.75) is 39.0 Å². The van der Waals surface area contributed by atoms with E-state index in [9.17, 15) is 0 Å². The Morgan fingerprint density at radius 2 is 1.50 bits per heavy atom. The van der Waals surface area contributed by atoms with E-state index in [1.165, 1.54) is 32.1 Å². The normalized spacial score (nSPS) is 19.1. The van der Waals surface area contributed by atoms with Crippen molar-refractivity contribution in [1.82, 2.24) is 0 Å². The number of hydrogen-bond donors (Lipinski definition) is 0. The van der Waals surface area contributed by atoms with Gasteiger partial charge in [0, 0.05) is 0 Å². The van der Waals surface area contributed by atoms with E-state index in [1.54, 1.807) is 0 Å². The van der Waals surface area contributed by atoms with E-state index in [0.717, 1.165) is 5.92 Å². The number of halogens is 2. The van der Waals surface area contributed by atoms with Crippen molar-refractivity contribution in [3.8, 4) is 0 Å². The Balaban J connectivity index is 0.000000236. The summed E-state index contributed by atoms with van der Waals surface area (Å²) in [5.74, 6) is 1.04. The third-order valence-corrected chi connectivity index (χ3v) is 1.89. The fourth-order valence-electron chi connectivity index (χ4n) is 1.31. The molecule has 0 aliphatic heterocycles. The van der Waals surface area contributed by atoms with Gasteiger partial charge in [0.25, 0.3) is 0 Å². The van der Waals surface area contributed by atoms with Gasteiger partial charge < -0.3 is 0 Å². The molecule has 1 fully saturated rings. The van der Waals surface area contributed by atoms with Gasteiger partial charge in [-0.3, -0.25) is 0 Å². The van der Waals surface area contributed by atoms with E-state index in [-0.39, 0.29) is 0 Å². The van der Waals surface area contributed by atoms with Crippen LogP contribution in [0, 0.1) is 5.92 Å². The monoisotopic (exact) mass is 238 g/mol. The first-order valence-electron chi connectivity index (χ1n) is 3.93. The van der Waals surface area contributed by atoms with Crippen molar-refractivity contribution in [2.24, 2.45) is 5.92 Å². The predicted octanol–water partition coefficient (Wildman–Crippen LogP) is 3.32. The van der Waals surface area contributed by atoms with Gasteiger partial charge in [-0.05, 0) is 5.92 Å². The molecule has 1 saturated carbocycles. The third-order valence-electron chi connectivity index (χ3n) is 1.89. The summed E-state index contributed by atoms with van der Waals surface area (Å²) in [5.41, 5.74) is 0. The predicted molar refractivity (Wildman–Crippen MR) is 51.1 cm³/mol. The Labute approximate surface area is 79.5 Å². The molecule has 1 rings (SSSR count). The molecule has 1 aliphatic carbocycles. The molecule has 0 heterocycles. The standard InChI is InChI=1S/C7H14.2ClH.Ga.H/c1-7-5-3-2-4-6-7;;;;/h7H,2-6H2,1H3;2*1H;;/q;;;+2;/p-2. The summed E-state index contributed by atoms with van der Waals surface area (Å²) in [7, 11) is 9.90. The molecule has 0 unspecified atom stereocenters. The first kappa shape index (κ1) is 11.2. The van der Waals surface area contributed by atoms with Crippen LogP contribution in [0.2, 0.25) is 0 Å². The molecule has 0 bridgehead atoms. The van der Waals surface area contributed by atoms with E-state index in [2.05, 4.69) is 6.92 Å². The molecule has 10 heavy (non-hydrogen) atoms. The minimum atomic E-state index is -0.931. The summed E-state index contributed by atoms with van der Waals surface area (Å²) in [4.78, 5) is 0. The van der Waals surface area contributed by atoms with E-state index in [4.69, 9.17) is 19.3 Å². The summed E-state index contributed by atoms with van der Waals surface area (Å²) in [5, 5.41) is 0. The summed E-state index contributed by atoms with van der Waals surface area (Å²) in [6, 6.07) is 0. The molecule has 1 aliphatic rings. The molecule has 3 heteroatoms. The van der Waals surface area contributed by atoms with Gasteiger partial charge in [0.1, 0.15) is 0 Å². The fourth-order valence-corrected chi connectivity index (χ4v) is 1.31. The second-order valence-electron chi connectivity index (χ2n) is 2.84. The molecular weight excluding hydrogens is 225 g/mol. The molecule has 0 amide bonds. The average molecular weight is 240 g/mol.